The molecule has 0 spiro atoms. The number of hydrogen-bond donors (Lipinski definition) is 1. The number of carbonyl (C=O) groups excluding carboxylic acids is 1. The van der Waals surface area contributed by atoms with E-state index in [1.165, 1.54) is 0 Å². The second kappa shape index (κ2) is 7.53. The van der Waals surface area contributed by atoms with Crippen LogP contribution in [-0.4, -0.2) is 63.1 Å². The molecule has 132 valence electrons. The first-order chi connectivity index (χ1) is 12.0. The van der Waals surface area contributed by atoms with Crippen LogP contribution >= 0.6 is 0 Å². The summed E-state index contributed by atoms with van der Waals surface area (Å²) in [5.41, 5.74) is 2.44. The summed E-state index contributed by atoms with van der Waals surface area (Å²) in [6.07, 6.45) is 1.75. The number of piperazine rings is 1. The van der Waals surface area contributed by atoms with Crippen LogP contribution in [0.4, 0.5) is 17.2 Å². The maximum atomic E-state index is 12.8. The van der Waals surface area contributed by atoms with Crippen molar-refractivity contribution in [3.63, 3.8) is 0 Å². The Hall–Kier alpha value is -2.60. The summed E-state index contributed by atoms with van der Waals surface area (Å²) in [4.78, 5) is 23.8. The Morgan fingerprint density at radius 2 is 1.88 bits per heavy atom. The van der Waals surface area contributed by atoms with Gasteiger partial charge in [0.1, 0.15) is 5.82 Å². The fraction of sp³-hybridized carbons (Fsp3) is 0.368. The predicted molar refractivity (Wildman–Crippen MR) is 103 cm³/mol. The number of likely N-dealkylation sites (N-methyl/N-ethyl adjacent to an activating group) is 1. The topological polar surface area (TPSA) is 51.7 Å². The monoisotopic (exact) mass is 339 g/mol. The summed E-state index contributed by atoms with van der Waals surface area (Å²) in [5, 5.41) is 3.00. The molecule has 1 fully saturated rings. The van der Waals surface area contributed by atoms with Crippen LogP contribution in [0.3, 0.4) is 0 Å². The molecular weight excluding hydrogens is 314 g/mol. The molecule has 1 aromatic carbocycles. The number of nitrogens with zero attached hydrogens (tertiary/aromatic N) is 4. The van der Waals surface area contributed by atoms with Crippen LogP contribution in [0.5, 0.6) is 0 Å². The van der Waals surface area contributed by atoms with Gasteiger partial charge in [0.25, 0.3) is 5.91 Å². The molecule has 1 N–H and O–H groups in total. The Morgan fingerprint density at radius 3 is 2.60 bits per heavy atom. The molecule has 0 saturated carbocycles. The molecule has 2 heterocycles. The van der Waals surface area contributed by atoms with E-state index >= 15 is 0 Å². The second-order valence-corrected chi connectivity index (χ2v) is 6.56. The zero-order valence-electron chi connectivity index (χ0n) is 15.1. The molecule has 1 saturated heterocycles. The Bertz CT molecular complexity index is 738. The van der Waals surface area contributed by atoms with Crippen molar-refractivity contribution in [3.05, 3.63) is 48.2 Å². The van der Waals surface area contributed by atoms with Gasteiger partial charge in [-0.2, -0.15) is 0 Å². The summed E-state index contributed by atoms with van der Waals surface area (Å²) in [6, 6.07) is 11.5. The van der Waals surface area contributed by atoms with Crippen molar-refractivity contribution in [3.8, 4) is 0 Å². The Kier molecular flexibility index (Phi) is 5.19. The number of benzene rings is 1. The molecule has 1 aliphatic heterocycles. The molecule has 0 radical (unpaired) electrons. The van der Waals surface area contributed by atoms with Crippen LogP contribution in [0.2, 0.25) is 0 Å². The average Bonchev–Trinajstić information content (AvgIpc) is 2.62. The van der Waals surface area contributed by atoms with E-state index in [2.05, 4.69) is 27.1 Å². The van der Waals surface area contributed by atoms with E-state index in [4.69, 9.17) is 0 Å². The zero-order chi connectivity index (χ0) is 17.8. The van der Waals surface area contributed by atoms with Crippen molar-refractivity contribution >= 4 is 23.1 Å². The largest absolute Gasteiger partial charge is 0.378 e. The van der Waals surface area contributed by atoms with Crippen molar-refractivity contribution in [2.24, 2.45) is 0 Å². The highest BCUT2D eigenvalue weighted by Crippen LogP contribution is 2.22. The summed E-state index contributed by atoms with van der Waals surface area (Å²) in [7, 11) is 6.07. The number of hydrogen-bond acceptors (Lipinski definition) is 5. The molecule has 6 nitrogen and oxygen atoms in total. The van der Waals surface area contributed by atoms with Crippen LogP contribution in [0.15, 0.2) is 42.6 Å². The summed E-state index contributed by atoms with van der Waals surface area (Å²) in [6.45, 7) is 3.71. The lowest BCUT2D eigenvalue weighted by atomic mass is 10.2. The van der Waals surface area contributed by atoms with Crippen molar-refractivity contribution < 1.29 is 4.79 Å². The molecule has 0 atom stereocenters. The molecule has 0 aliphatic carbocycles. The number of anilines is 3. The maximum Gasteiger partial charge on any atom is 0.259 e. The minimum Gasteiger partial charge on any atom is -0.378 e. The highest BCUT2D eigenvalue weighted by molar-refractivity contribution is 6.07. The third-order valence-electron chi connectivity index (χ3n) is 4.45. The zero-order valence-corrected chi connectivity index (χ0v) is 15.1. The van der Waals surface area contributed by atoms with Gasteiger partial charge in [0.05, 0.1) is 5.56 Å². The molecule has 0 bridgehead atoms. The highest BCUT2D eigenvalue weighted by Gasteiger charge is 2.21. The van der Waals surface area contributed by atoms with E-state index in [0.29, 0.717) is 5.56 Å². The lowest BCUT2D eigenvalue weighted by Gasteiger charge is -2.34. The van der Waals surface area contributed by atoms with Crippen LogP contribution in [0, 0.1) is 0 Å². The van der Waals surface area contributed by atoms with Gasteiger partial charge in [-0.1, -0.05) is 6.07 Å². The fourth-order valence-electron chi connectivity index (χ4n) is 2.90. The quantitative estimate of drug-likeness (QED) is 0.925. The number of nitrogens with one attached hydrogen (secondary N) is 1. The standard InChI is InChI=1S/C19H25N5O/c1-22(2)16-7-4-6-15(14-16)21-19(25)17-8-5-9-20-18(17)24-12-10-23(3)11-13-24/h4-9,14H,10-13H2,1-3H3,(H,21,25). The molecule has 1 amide bonds. The number of rotatable bonds is 4. The van der Waals surface area contributed by atoms with E-state index in [1.807, 2.05) is 55.4 Å². The normalized spacial score (nSPS) is 15.1. The van der Waals surface area contributed by atoms with Gasteiger partial charge in [0.15, 0.2) is 0 Å². The Labute approximate surface area is 149 Å². The minimum atomic E-state index is -0.127. The van der Waals surface area contributed by atoms with Gasteiger partial charge in [-0.05, 0) is 37.4 Å². The molecule has 3 rings (SSSR count). The number of carbonyl (C=O) groups is 1. The summed E-state index contributed by atoms with van der Waals surface area (Å²) >= 11 is 0. The maximum absolute atomic E-state index is 12.8. The van der Waals surface area contributed by atoms with Gasteiger partial charge in [-0.15, -0.1) is 0 Å². The number of pyridine rings is 1. The highest BCUT2D eigenvalue weighted by atomic mass is 16.1. The van der Waals surface area contributed by atoms with Crippen LogP contribution in [0.1, 0.15) is 10.4 Å². The van der Waals surface area contributed by atoms with Gasteiger partial charge < -0.3 is 20.0 Å². The lowest BCUT2D eigenvalue weighted by molar-refractivity contribution is 0.102. The molecule has 0 unspecified atom stereocenters. The molecule has 1 aromatic heterocycles. The van der Waals surface area contributed by atoms with E-state index < -0.39 is 0 Å². The van der Waals surface area contributed by atoms with Crippen LogP contribution < -0.4 is 15.1 Å². The van der Waals surface area contributed by atoms with E-state index in [0.717, 1.165) is 43.4 Å². The smallest absolute Gasteiger partial charge is 0.259 e. The van der Waals surface area contributed by atoms with Gasteiger partial charge in [0, 0.05) is 57.8 Å². The first kappa shape index (κ1) is 17.2. The number of amides is 1. The van der Waals surface area contributed by atoms with Gasteiger partial charge in [0.2, 0.25) is 0 Å². The predicted octanol–water partition coefficient (Wildman–Crippen LogP) is 2.15. The fourth-order valence-corrected chi connectivity index (χ4v) is 2.90. The molecule has 6 heteroatoms. The molecular formula is C19H25N5O. The van der Waals surface area contributed by atoms with E-state index in [9.17, 15) is 4.79 Å². The van der Waals surface area contributed by atoms with E-state index in [1.54, 1.807) is 6.20 Å². The van der Waals surface area contributed by atoms with Gasteiger partial charge in [-0.3, -0.25) is 4.79 Å². The lowest BCUT2D eigenvalue weighted by Crippen LogP contribution is -2.45. The van der Waals surface area contributed by atoms with E-state index in [-0.39, 0.29) is 5.91 Å². The SMILES string of the molecule is CN1CCN(c2ncccc2C(=O)Nc2cccc(N(C)C)c2)CC1. The average molecular weight is 339 g/mol. The second-order valence-electron chi connectivity index (χ2n) is 6.56. The molecule has 25 heavy (non-hydrogen) atoms. The molecule has 1 aliphatic rings. The van der Waals surface area contributed by atoms with Crippen molar-refractivity contribution in [1.29, 1.82) is 0 Å². The van der Waals surface area contributed by atoms with Crippen molar-refractivity contribution in [2.45, 2.75) is 0 Å². The van der Waals surface area contributed by atoms with Gasteiger partial charge >= 0.3 is 0 Å². The minimum absolute atomic E-state index is 0.127. The Balaban J connectivity index is 1.80. The Morgan fingerprint density at radius 1 is 1.12 bits per heavy atom. The first-order valence-corrected chi connectivity index (χ1v) is 8.52. The molecule has 2 aromatic rings. The van der Waals surface area contributed by atoms with Crippen molar-refractivity contribution in [2.75, 3.05) is 62.4 Å². The van der Waals surface area contributed by atoms with Crippen LogP contribution in [-0.2, 0) is 0 Å². The summed E-state index contributed by atoms with van der Waals surface area (Å²) in [5.74, 6) is 0.634. The van der Waals surface area contributed by atoms with Gasteiger partial charge in [-0.25, -0.2) is 4.98 Å². The first-order valence-electron chi connectivity index (χ1n) is 8.52. The number of aromatic nitrogens is 1. The summed E-state index contributed by atoms with van der Waals surface area (Å²) < 4.78 is 0. The van der Waals surface area contributed by atoms with Crippen molar-refractivity contribution in [1.82, 2.24) is 9.88 Å². The third kappa shape index (κ3) is 4.09. The third-order valence-corrected chi connectivity index (χ3v) is 4.45. The van der Waals surface area contributed by atoms with Crippen LogP contribution in [0.25, 0.3) is 0 Å².